The fourth-order valence-corrected chi connectivity index (χ4v) is 4.25. The molecular formula is C22H25N5OS. The number of amides is 1. The lowest BCUT2D eigenvalue weighted by Gasteiger charge is -2.21. The quantitative estimate of drug-likeness (QED) is 0.529. The molecular weight excluding hydrogens is 382 g/mol. The van der Waals surface area contributed by atoms with Gasteiger partial charge in [0.05, 0.1) is 18.0 Å². The van der Waals surface area contributed by atoms with Crippen molar-refractivity contribution in [2.45, 2.75) is 51.0 Å². The minimum Gasteiger partial charge on any atom is -0.333 e. The normalized spacial score (nSPS) is 13.4. The van der Waals surface area contributed by atoms with Gasteiger partial charge < -0.3 is 9.47 Å². The van der Waals surface area contributed by atoms with E-state index in [1.807, 2.05) is 35.2 Å². The second-order valence-corrected chi connectivity index (χ2v) is 8.22. The molecule has 0 N–H and O–H groups in total. The number of nitrogens with zero attached hydrogens (tertiary/aromatic N) is 5. The maximum absolute atomic E-state index is 12.9. The number of pyridine rings is 1. The van der Waals surface area contributed by atoms with Gasteiger partial charge in [0.2, 0.25) is 5.91 Å². The molecule has 1 aromatic carbocycles. The Labute approximate surface area is 175 Å². The van der Waals surface area contributed by atoms with Gasteiger partial charge in [0, 0.05) is 24.3 Å². The van der Waals surface area contributed by atoms with E-state index in [1.54, 1.807) is 6.20 Å². The summed E-state index contributed by atoms with van der Waals surface area (Å²) in [6.07, 6.45) is 3.92. The van der Waals surface area contributed by atoms with Crippen molar-refractivity contribution in [3.8, 4) is 11.4 Å². The Morgan fingerprint density at radius 3 is 2.76 bits per heavy atom. The molecule has 1 aliphatic carbocycles. The fourth-order valence-electron chi connectivity index (χ4n) is 3.36. The number of benzene rings is 1. The molecule has 1 saturated carbocycles. The molecule has 0 unspecified atom stereocenters. The summed E-state index contributed by atoms with van der Waals surface area (Å²) >= 11 is 1.46. The summed E-state index contributed by atoms with van der Waals surface area (Å²) in [5.41, 5.74) is 3.16. The Morgan fingerprint density at radius 2 is 2.07 bits per heavy atom. The summed E-state index contributed by atoms with van der Waals surface area (Å²) in [6, 6.07) is 14.4. The summed E-state index contributed by atoms with van der Waals surface area (Å²) < 4.78 is 2.08. The SMILES string of the molecule is CCn1c(SCC(=O)N(Cc2ccccn2)C2CC2)nnc1-c1cccc(C)c1. The first-order valence-electron chi connectivity index (χ1n) is 9.98. The first kappa shape index (κ1) is 19.6. The maximum atomic E-state index is 12.9. The molecule has 3 aromatic rings. The highest BCUT2D eigenvalue weighted by molar-refractivity contribution is 7.99. The van der Waals surface area contributed by atoms with Crippen LogP contribution in [-0.4, -0.2) is 42.4 Å². The van der Waals surface area contributed by atoms with E-state index in [0.29, 0.717) is 18.3 Å². The molecule has 7 heteroatoms. The lowest BCUT2D eigenvalue weighted by Crippen LogP contribution is -2.34. The highest BCUT2D eigenvalue weighted by Gasteiger charge is 2.32. The van der Waals surface area contributed by atoms with Crippen molar-refractivity contribution in [2.75, 3.05) is 5.75 Å². The first-order valence-corrected chi connectivity index (χ1v) is 11.0. The Hall–Kier alpha value is -2.67. The van der Waals surface area contributed by atoms with Gasteiger partial charge in [-0.2, -0.15) is 0 Å². The Balaban J connectivity index is 1.46. The average molecular weight is 408 g/mol. The van der Waals surface area contributed by atoms with E-state index >= 15 is 0 Å². The van der Waals surface area contributed by atoms with E-state index < -0.39 is 0 Å². The van der Waals surface area contributed by atoms with Gasteiger partial charge in [-0.1, -0.05) is 41.6 Å². The van der Waals surface area contributed by atoms with Gasteiger partial charge in [0.15, 0.2) is 11.0 Å². The van der Waals surface area contributed by atoms with Gasteiger partial charge in [0.1, 0.15) is 0 Å². The van der Waals surface area contributed by atoms with Crippen molar-refractivity contribution >= 4 is 17.7 Å². The maximum Gasteiger partial charge on any atom is 0.233 e. The van der Waals surface area contributed by atoms with Crippen molar-refractivity contribution in [1.29, 1.82) is 0 Å². The van der Waals surface area contributed by atoms with Crippen LogP contribution in [0.3, 0.4) is 0 Å². The van der Waals surface area contributed by atoms with Crippen LogP contribution in [0.5, 0.6) is 0 Å². The zero-order valence-corrected chi connectivity index (χ0v) is 17.6. The molecule has 2 heterocycles. The lowest BCUT2D eigenvalue weighted by molar-refractivity contribution is -0.129. The zero-order chi connectivity index (χ0) is 20.2. The molecule has 4 rings (SSSR count). The number of carbonyl (C=O) groups excluding carboxylic acids is 1. The summed E-state index contributed by atoms with van der Waals surface area (Å²) in [4.78, 5) is 19.3. The Morgan fingerprint density at radius 1 is 1.21 bits per heavy atom. The third-order valence-corrected chi connectivity index (χ3v) is 5.95. The van der Waals surface area contributed by atoms with Crippen LogP contribution in [0.25, 0.3) is 11.4 Å². The number of aryl methyl sites for hydroxylation is 1. The Kier molecular flexibility index (Phi) is 5.94. The van der Waals surface area contributed by atoms with Gasteiger partial charge in [-0.05, 0) is 44.9 Å². The van der Waals surface area contributed by atoms with Gasteiger partial charge in [-0.3, -0.25) is 9.78 Å². The summed E-state index contributed by atoms with van der Waals surface area (Å²) in [5, 5.41) is 9.54. The number of hydrogen-bond donors (Lipinski definition) is 0. The predicted octanol–water partition coefficient (Wildman–Crippen LogP) is 3.95. The smallest absolute Gasteiger partial charge is 0.233 e. The largest absolute Gasteiger partial charge is 0.333 e. The number of hydrogen-bond acceptors (Lipinski definition) is 5. The highest BCUT2D eigenvalue weighted by Crippen LogP contribution is 2.30. The molecule has 2 aromatic heterocycles. The average Bonchev–Trinajstić information content (AvgIpc) is 3.49. The van der Waals surface area contributed by atoms with Crippen LogP contribution < -0.4 is 0 Å². The van der Waals surface area contributed by atoms with Gasteiger partial charge >= 0.3 is 0 Å². The van der Waals surface area contributed by atoms with E-state index in [4.69, 9.17) is 0 Å². The minimum atomic E-state index is 0.130. The van der Waals surface area contributed by atoms with E-state index in [9.17, 15) is 4.79 Å². The third-order valence-electron chi connectivity index (χ3n) is 5.00. The molecule has 6 nitrogen and oxygen atoms in total. The summed E-state index contributed by atoms with van der Waals surface area (Å²) in [6.45, 7) is 5.47. The van der Waals surface area contributed by atoms with Gasteiger partial charge in [-0.25, -0.2) is 0 Å². The van der Waals surface area contributed by atoms with Crippen molar-refractivity contribution in [2.24, 2.45) is 0 Å². The topological polar surface area (TPSA) is 63.9 Å². The molecule has 0 atom stereocenters. The zero-order valence-electron chi connectivity index (χ0n) is 16.8. The van der Waals surface area contributed by atoms with Crippen LogP contribution in [0.4, 0.5) is 0 Å². The fraction of sp³-hybridized carbons (Fsp3) is 0.364. The molecule has 0 spiro atoms. The van der Waals surface area contributed by atoms with Crippen LogP contribution >= 0.6 is 11.8 Å². The third kappa shape index (κ3) is 4.67. The molecule has 1 aliphatic rings. The molecule has 1 amide bonds. The van der Waals surface area contributed by atoms with Crippen molar-refractivity contribution in [3.63, 3.8) is 0 Å². The number of thioether (sulfide) groups is 1. The molecule has 150 valence electrons. The van der Waals surface area contributed by atoms with Crippen LogP contribution in [0.1, 0.15) is 31.0 Å². The summed E-state index contributed by atoms with van der Waals surface area (Å²) in [5.74, 6) is 1.33. The van der Waals surface area contributed by atoms with E-state index in [2.05, 4.69) is 45.7 Å². The van der Waals surface area contributed by atoms with Crippen LogP contribution in [0.15, 0.2) is 53.8 Å². The molecule has 0 radical (unpaired) electrons. The van der Waals surface area contributed by atoms with E-state index in [1.165, 1.54) is 17.3 Å². The number of carbonyl (C=O) groups is 1. The Bertz CT molecular complexity index is 984. The van der Waals surface area contributed by atoms with Gasteiger partial charge in [-0.15, -0.1) is 10.2 Å². The minimum absolute atomic E-state index is 0.130. The van der Waals surface area contributed by atoms with E-state index in [-0.39, 0.29) is 5.91 Å². The van der Waals surface area contributed by atoms with Crippen molar-refractivity contribution in [3.05, 3.63) is 59.9 Å². The molecule has 0 saturated heterocycles. The van der Waals surface area contributed by atoms with Crippen molar-refractivity contribution < 1.29 is 4.79 Å². The number of aromatic nitrogens is 4. The molecule has 1 fully saturated rings. The molecule has 0 aliphatic heterocycles. The molecule has 29 heavy (non-hydrogen) atoms. The summed E-state index contributed by atoms with van der Waals surface area (Å²) in [7, 11) is 0. The van der Waals surface area contributed by atoms with Crippen LogP contribution in [0, 0.1) is 6.92 Å². The van der Waals surface area contributed by atoms with Crippen molar-refractivity contribution in [1.82, 2.24) is 24.6 Å². The number of rotatable bonds is 8. The van der Waals surface area contributed by atoms with E-state index in [0.717, 1.165) is 41.6 Å². The monoisotopic (exact) mass is 407 g/mol. The standard InChI is InChI=1S/C22H25N5OS/c1-3-26-21(17-8-6-7-16(2)13-17)24-25-22(26)29-15-20(28)27(19-10-11-19)14-18-9-4-5-12-23-18/h4-9,12-13,19H,3,10-11,14-15H2,1-2H3. The second-order valence-electron chi connectivity index (χ2n) is 7.28. The predicted molar refractivity (Wildman–Crippen MR) is 114 cm³/mol. The molecule has 0 bridgehead atoms. The highest BCUT2D eigenvalue weighted by atomic mass is 32.2. The lowest BCUT2D eigenvalue weighted by atomic mass is 10.1. The first-order chi connectivity index (χ1) is 14.2. The van der Waals surface area contributed by atoms with Crippen LogP contribution in [0.2, 0.25) is 0 Å². The second kappa shape index (κ2) is 8.78. The van der Waals surface area contributed by atoms with Crippen LogP contribution in [-0.2, 0) is 17.9 Å². The van der Waals surface area contributed by atoms with Gasteiger partial charge in [0.25, 0.3) is 0 Å².